The molecule has 0 aliphatic carbocycles. The van der Waals surface area contributed by atoms with E-state index >= 15 is 0 Å². The van der Waals surface area contributed by atoms with Crippen molar-refractivity contribution in [3.8, 4) is 5.75 Å². The summed E-state index contributed by atoms with van der Waals surface area (Å²) in [5, 5.41) is 15.8. The van der Waals surface area contributed by atoms with E-state index in [1.165, 1.54) is 16.2 Å². The van der Waals surface area contributed by atoms with Crippen molar-refractivity contribution >= 4 is 27.3 Å². The van der Waals surface area contributed by atoms with Gasteiger partial charge in [-0.2, -0.15) is 0 Å². The van der Waals surface area contributed by atoms with Crippen molar-refractivity contribution in [2.24, 2.45) is 0 Å². The maximum absolute atomic E-state index is 12.4. The molecular formula is C18H17NO2S. The molecule has 22 heavy (non-hydrogen) atoms. The first-order valence-corrected chi connectivity index (χ1v) is 8.01. The number of phenols is 1. The van der Waals surface area contributed by atoms with Crippen molar-refractivity contribution in [2.75, 3.05) is 0 Å². The zero-order valence-corrected chi connectivity index (χ0v) is 13.3. The average Bonchev–Trinajstić information content (AvgIpc) is 2.93. The molecule has 0 fully saturated rings. The summed E-state index contributed by atoms with van der Waals surface area (Å²) in [6.45, 7) is 3.84. The zero-order chi connectivity index (χ0) is 15.7. The van der Waals surface area contributed by atoms with Gasteiger partial charge >= 0.3 is 0 Å². The maximum Gasteiger partial charge on any atom is 0.252 e. The van der Waals surface area contributed by atoms with Crippen molar-refractivity contribution in [1.29, 1.82) is 0 Å². The fourth-order valence-corrected chi connectivity index (χ4v) is 3.60. The number of aromatic hydroxyl groups is 1. The molecular weight excluding hydrogens is 294 g/mol. The Hall–Kier alpha value is -2.33. The highest BCUT2D eigenvalue weighted by Gasteiger charge is 2.16. The minimum atomic E-state index is -0.170. The number of benzene rings is 2. The first kappa shape index (κ1) is 14.6. The lowest BCUT2D eigenvalue weighted by Crippen LogP contribution is -2.27. The molecule has 3 nitrogen and oxygen atoms in total. The molecule has 1 amide bonds. The Balaban J connectivity index is 1.86. The van der Waals surface area contributed by atoms with Crippen LogP contribution in [0.5, 0.6) is 5.75 Å². The lowest BCUT2D eigenvalue weighted by atomic mass is 10.0. The molecule has 1 atom stereocenters. The molecule has 0 bridgehead atoms. The Morgan fingerprint density at radius 2 is 2.00 bits per heavy atom. The first-order chi connectivity index (χ1) is 10.6. The summed E-state index contributed by atoms with van der Waals surface area (Å²) in [5.41, 5.74) is 2.47. The highest BCUT2D eigenvalue weighted by molar-refractivity contribution is 7.17. The van der Waals surface area contributed by atoms with Gasteiger partial charge in [0.1, 0.15) is 5.75 Å². The van der Waals surface area contributed by atoms with Gasteiger partial charge in [-0.15, -0.1) is 11.3 Å². The van der Waals surface area contributed by atoms with Gasteiger partial charge in [0.2, 0.25) is 0 Å². The molecule has 0 saturated carbocycles. The van der Waals surface area contributed by atoms with Gasteiger partial charge in [-0.1, -0.05) is 24.3 Å². The van der Waals surface area contributed by atoms with E-state index in [4.69, 9.17) is 0 Å². The van der Waals surface area contributed by atoms with Crippen LogP contribution < -0.4 is 5.32 Å². The van der Waals surface area contributed by atoms with E-state index in [2.05, 4.69) is 22.8 Å². The zero-order valence-electron chi connectivity index (χ0n) is 12.5. The Morgan fingerprint density at radius 3 is 2.82 bits per heavy atom. The summed E-state index contributed by atoms with van der Waals surface area (Å²) < 4.78 is 1.21. The monoisotopic (exact) mass is 311 g/mol. The number of hydrogen-bond acceptors (Lipinski definition) is 3. The van der Waals surface area contributed by atoms with Crippen LogP contribution in [-0.2, 0) is 0 Å². The van der Waals surface area contributed by atoms with Crippen LogP contribution in [0.2, 0.25) is 0 Å². The summed E-state index contributed by atoms with van der Waals surface area (Å²) in [5.74, 6) is -0.0689. The van der Waals surface area contributed by atoms with Crippen LogP contribution in [0.3, 0.4) is 0 Å². The molecule has 3 aromatic rings. The van der Waals surface area contributed by atoms with Gasteiger partial charge in [0, 0.05) is 10.3 Å². The number of hydrogen-bond donors (Lipinski definition) is 2. The van der Waals surface area contributed by atoms with Crippen LogP contribution in [0, 0.1) is 6.92 Å². The smallest absolute Gasteiger partial charge is 0.252 e. The fraction of sp³-hybridized carbons (Fsp3) is 0.167. The van der Waals surface area contributed by atoms with E-state index in [0.717, 1.165) is 11.1 Å². The summed E-state index contributed by atoms with van der Waals surface area (Å²) >= 11 is 1.68. The van der Waals surface area contributed by atoms with Crippen LogP contribution >= 0.6 is 11.3 Å². The summed E-state index contributed by atoms with van der Waals surface area (Å²) in [4.78, 5) is 12.4. The molecule has 1 aromatic heterocycles. The van der Waals surface area contributed by atoms with Crippen molar-refractivity contribution in [2.45, 2.75) is 19.9 Å². The Bertz CT molecular complexity index is 838. The third-order valence-corrected chi connectivity index (χ3v) is 4.77. The van der Waals surface area contributed by atoms with Crippen LogP contribution in [0.1, 0.15) is 34.5 Å². The van der Waals surface area contributed by atoms with Gasteiger partial charge in [-0.3, -0.25) is 4.79 Å². The van der Waals surface area contributed by atoms with Gasteiger partial charge < -0.3 is 10.4 Å². The Labute approximate surface area is 133 Å². The molecule has 0 radical (unpaired) electrons. The summed E-state index contributed by atoms with van der Waals surface area (Å²) in [6.07, 6.45) is 0. The second-order valence-electron chi connectivity index (χ2n) is 5.38. The molecule has 112 valence electrons. The van der Waals surface area contributed by atoms with Crippen LogP contribution in [0.15, 0.2) is 47.8 Å². The molecule has 2 aromatic carbocycles. The topological polar surface area (TPSA) is 49.3 Å². The van der Waals surface area contributed by atoms with E-state index < -0.39 is 0 Å². The van der Waals surface area contributed by atoms with Crippen LogP contribution in [-0.4, -0.2) is 11.0 Å². The third-order valence-electron chi connectivity index (χ3n) is 3.79. The minimum absolute atomic E-state index is 0.0922. The van der Waals surface area contributed by atoms with Crippen LogP contribution in [0.4, 0.5) is 0 Å². The molecule has 1 unspecified atom stereocenters. The molecule has 0 saturated heterocycles. The summed E-state index contributed by atoms with van der Waals surface area (Å²) in [6, 6.07) is 12.9. The van der Waals surface area contributed by atoms with Crippen molar-refractivity contribution in [1.82, 2.24) is 5.32 Å². The van der Waals surface area contributed by atoms with Crippen molar-refractivity contribution < 1.29 is 9.90 Å². The standard InChI is InChI=1S/C18H17NO2S/c1-11-7-8-13(20)9-15(11)18(21)19-12(2)16-10-22-17-6-4-3-5-14(16)17/h3-10,12,20H,1-2H3,(H,19,21). The Kier molecular flexibility index (Phi) is 3.86. The van der Waals surface area contributed by atoms with Crippen LogP contribution in [0.25, 0.3) is 10.1 Å². The minimum Gasteiger partial charge on any atom is -0.508 e. The highest BCUT2D eigenvalue weighted by atomic mass is 32.1. The van der Waals surface area contributed by atoms with Gasteiger partial charge in [-0.25, -0.2) is 0 Å². The number of nitrogens with one attached hydrogen (secondary N) is 1. The molecule has 3 rings (SSSR count). The normalized spacial score (nSPS) is 12.3. The molecule has 0 spiro atoms. The number of carbonyl (C=O) groups excluding carboxylic acids is 1. The second-order valence-corrected chi connectivity index (χ2v) is 6.29. The van der Waals surface area contributed by atoms with E-state index in [9.17, 15) is 9.90 Å². The van der Waals surface area contributed by atoms with E-state index in [1.807, 2.05) is 26.0 Å². The molecule has 0 aliphatic heterocycles. The quantitative estimate of drug-likeness (QED) is 0.753. The van der Waals surface area contributed by atoms with E-state index in [1.54, 1.807) is 23.5 Å². The van der Waals surface area contributed by atoms with Gasteiger partial charge in [0.25, 0.3) is 5.91 Å². The largest absolute Gasteiger partial charge is 0.508 e. The van der Waals surface area contributed by atoms with E-state index in [0.29, 0.717) is 5.56 Å². The van der Waals surface area contributed by atoms with Gasteiger partial charge in [0.05, 0.1) is 6.04 Å². The molecule has 0 aliphatic rings. The number of amides is 1. The van der Waals surface area contributed by atoms with Gasteiger partial charge in [-0.05, 0) is 53.9 Å². The fourth-order valence-electron chi connectivity index (χ4n) is 2.54. The molecule has 2 N–H and O–H groups in total. The lowest BCUT2D eigenvalue weighted by molar-refractivity contribution is 0.0939. The first-order valence-electron chi connectivity index (χ1n) is 7.13. The number of aryl methyl sites for hydroxylation is 1. The SMILES string of the molecule is Cc1ccc(O)cc1C(=O)NC(C)c1csc2ccccc12. The van der Waals surface area contributed by atoms with Crippen molar-refractivity contribution in [3.05, 3.63) is 64.5 Å². The summed E-state index contributed by atoms with van der Waals surface area (Å²) in [7, 11) is 0. The number of rotatable bonds is 3. The number of carbonyl (C=O) groups is 1. The highest BCUT2D eigenvalue weighted by Crippen LogP contribution is 2.30. The number of thiophene rings is 1. The van der Waals surface area contributed by atoms with E-state index in [-0.39, 0.29) is 17.7 Å². The van der Waals surface area contributed by atoms with Crippen molar-refractivity contribution in [3.63, 3.8) is 0 Å². The third kappa shape index (κ3) is 2.70. The maximum atomic E-state index is 12.4. The second kappa shape index (κ2) is 5.81. The predicted molar refractivity (Wildman–Crippen MR) is 90.6 cm³/mol. The Morgan fingerprint density at radius 1 is 1.23 bits per heavy atom. The molecule has 4 heteroatoms. The lowest BCUT2D eigenvalue weighted by Gasteiger charge is -2.15. The predicted octanol–water partition coefficient (Wildman–Crippen LogP) is 4.41. The number of fused-ring (bicyclic) bond motifs is 1. The molecule has 1 heterocycles. The average molecular weight is 311 g/mol. The number of phenolic OH excluding ortho intramolecular Hbond substituents is 1. The van der Waals surface area contributed by atoms with Gasteiger partial charge in [0.15, 0.2) is 0 Å².